The van der Waals surface area contributed by atoms with Gasteiger partial charge in [0.1, 0.15) is 0 Å². The molecule has 90 valence electrons. The van der Waals surface area contributed by atoms with E-state index in [1.54, 1.807) is 0 Å². The average Bonchev–Trinajstić information content (AvgIpc) is 2.44. The molecule has 1 rings (SSSR count). The molecule has 1 heterocycles. The predicted molar refractivity (Wildman–Crippen MR) is 62.8 cm³/mol. The van der Waals surface area contributed by atoms with Crippen LogP contribution in [0.25, 0.3) is 0 Å². The molecule has 0 saturated heterocycles. The minimum atomic E-state index is -0.181. The van der Waals surface area contributed by atoms with Gasteiger partial charge in [0.2, 0.25) is 0 Å². The molecule has 0 radical (unpaired) electrons. The molecule has 1 aliphatic heterocycles. The van der Waals surface area contributed by atoms with Crippen molar-refractivity contribution >= 4 is 11.8 Å². The summed E-state index contributed by atoms with van der Waals surface area (Å²) in [5.74, 6) is -0.204. The second-order valence-electron chi connectivity index (χ2n) is 4.66. The van der Waals surface area contributed by atoms with Gasteiger partial charge in [0.15, 0.2) is 0 Å². The van der Waals surface area contributed by atoms with E-state index >= 15 is 0 Å². The van der Waals surface area contributed by atoms with Crippen LogP contribution in [0.5, 0.6) is 0 Å². The van der Waals surface area contributed by atoms with Gasteiger partial charge in [-0.3, -0.25) is 14.5 Å². The van der Waals surface area contributed by atoms with Gasteiger partial charge in [-0.1, -0.05) is 27.7 Å². The first-order valence-corrected chi connectivity index (χ1v) is 5.74. The molecular formula is C12H20N2O2. The first-order valence-electron chi connectivity index (χ1n) is 5.74. The molecule has 16 heavy (non-hydrogen) atoms. The number of amides is 2. The zero-order valence-electron chi connectivity index (χ0n) is 10.4. The summed E-state index contributed by atoms with van der Waals surface area (Å²) in [7, 11) is 0. The van der Waals surface area contributed by atoms with E-state index in [0.29, 0.717) is 24.7 Å². The van der Waals surface area contributed by atoms with Gasteiger partial charge in [-0.2, -0.15) is 0 Å². The fourth-order valence-electron chi connectivity index (χ4n) is 1.62. The van der Waals surface area contributed by atoms with E-state index in [1.807, 2.05) is 27.7 Å². The topological polar surface area (TPSA) is 49.4 Å². The van der Waals surface area contributed by atoms with Crippen LogP contribution in [0.15, 0.2) is 11.6 Å². The lowest BCUT2D eigenvalue weighted by atomic mass is 10.0. The standard InChI is InChI=1S/C12H20N2O2/c1-8(2)10-7-11(15)14(12(10)16)6-5-13-9(3)4/h7-9,13H,5-6H2,1-4H3. The molecule has 0 spiro atoms. The Morgan fingerprint density at radius 3 is 2.31 bits per heavy atom. The van der Waals surface area contributed by atoms with Crippen molar-refractivity contribution in [2.75, 3.05) is 13.1 Å². The van der Waals surface area contributed by atoms with Crippen molar-refractivity contribution in [3.8, 4) is 0 Å². The third kappa shape index (κ3) is 2.92. The van der Waals surface area contributed by atoms with Crippen LogP contribution in [-0.4, -0.2) is 35.8 Å². The number of rotatable bonds is 5. The smallest absolute Gasteiger partial charge is 0.257 e. The normalized spacial score (nSPS) is 16.6. The van der Waals surface area contributed by atoms with Gasteiger partial charge in [-0.25, -0.2) is 0 Å². The minimum Gasteiger partial charge on any atom is -0.313 e. The maximum absolute atomic E-state index is 11.8. The second kappa shape index (κ2) is 5.25. The Labute approximate surface area is 96.7 Å². The molecule has 1 N–H and O–H groups in total. The van der Waals surface area contributed by atoms with Crippen LogP contribution in [0.3, 0.4) is 0 Å². The molecule has 0 atom stereocenters. The lowest BCUT2D eigenvalue weighted by Gasteiger charge is -2.17. The lowest BCUT2D eigenvalue weighted by Crippen LogP contribution is -2.39. The van der Waals surface area contributed by atoms with E-state index in [0.717, 1.165) is 0 Å². The molecule has 0 fully saturated rings. The van der Waals surface area contributed by atoms with E-state index in [9.17, 15) is 9.59 Å². The molecule has 0 unspecified atom stereocenters. The third-order valence-electron chi connectivity index (χ3n) is 2.55. The fraction of sp³-hybridized carbons (Fsp3) is 0.667. The van der Waals surface area contributed by atoms with Crippen LogP contribution >= 0.6 is 0 Å². The Morgan fingerprint density at radius 1 is 1.25 bits per heavy atom. The molecular weight excluding hydrogens is 204 g/mol. The van der Waals surface area contributed by atoms with Crippen LogP contribution in [0.2, 0.25) is 0 Å². The number of imide groups is 1. The first kappa shape index (κ1) is 12.9. The molecule has 2 amide bonds. The molecule has 0 bridgehead atoms. The van der Waals surface area contributed by atoms with Crippen LogP contribution in [0.4, 0.5) is 0 Å². The Hall–Kier alpha value is -1.16. The zero-order valence-corrected chi connectivity index (χ0v) is 10.4. The monoisotopic (exact) mass is 224 g/mol. The molecule has 4 nitrogen and oxygen atoms in total. The highest BCUT2D eigenvalue weighted by molar-refractivity contribution is 6.16. The fourth-order valence-corrected chi connectivity index (χ4v) is 1.62. The minimum absolute atomic E-state index is 0.111. The SMILES string of the molecule is CC(C)NCCN1C(=O)C=C(C(C)C)C1=O. The van der Waals surface area contributed by atoms with Gasteiger partial charge in [0.25, 0.3) is 11.8 Å². The summed E-state index contributed by atoms with van der Waals surface area (Å²) in [4.78, 5) is 24.7. The van der Waals surface area contributed by atoms with E-state index in [4.69, 9.17) is 0 Å². The van der Waals surface area contributed by atoms with Crippen molar-refractivity contribution in [2.45, 2.75) is 33.7 Å². The summed E-state index contributed by atoms with van der Waals surface area (Å²) >= 11 is 0. The third-order valence-corrected chi connectivity index (χ3v) is 2.55. The number of carbonyl (C=O) groups is 2. The Balaban J connectivity index is 2.53. The van der Waals surface area contributed by atoms with Crippen LogP contribution in [-0.2, 0) is 9.59 Å². The summed E-state index contributed by atoms with van der Waals surface area (Å²) in [6.07, 6.45) is 1.46. The van der Waals surface area contributed by atoms with Crippen molar-refractivity contribution in [3.63, 3.8) is 0 Å². The highest BCUT2D eigenvalue weighted by Crippen LogP contribution is 2.19. The maximum Gasteiger partial charge on any atom is 0.257 e. The molecule has 4 heteroatoms. The van der Waals surface area contributed by atoms with E-state index in [2.05, 4.69) is 5.32 Å². The van der Waals surface area contributed by atoms with Gasteiger partial charge in [-0.15, -0.1) is 0 Å². The maximum atomic E-state index is 11.8. The predicted octanol–water partition coefficient (Wildman–Crippen LogP) is 0.936. The number of hydrogen-bond acceptors (Lipinski definition) is 3. The Bertz CT molecular complexity index is 319. The first-order chi connectivity index (χ1) is 7.43. The largest absolute Gasteiger partial charge is 0.313 e. The lowest BCUT2D eigenvalue weighted by molar-refractivity contribution is -0.137. The van der Waals surface area contributed by atoms with E-state index in [1.165, 1.54) is 11.0 Å². The highest BCUT2D eigenvalue weighted by atomic mass is 16.2. The van der Waals surface area contributed by atoms with Crippen molar-refractivity contribution in [2.24, 2.45) is 5.92 Å². The van der Waals surface area contributed by atoms with Crippen molar-refractivity contribution in [3.05, 3.63) is 11.6 Å². The molecule has 0 aromatic carbocycles. The van der Waals surface area contributed by atoms with Crippen molar-refractivity contribution in [1.29, 1.82) is 0 Å². The van der Waals surface area contributed by atoms with Gasteiger partial charge < -0.3 is 5.32 Å². The van der Waals surface area contributed by atoms with E-state index in [-0.39, 0.29) is 17.7 Å². The van der Waals surface area contributed by atoms with Crippen LogP contribution in [0, 0.1) is 5.92 Å². The second-order valence-corrected chi connectivity index (χ2v) is 4.66. The summed E-state index contributed by atoms with van der Waals surface area (Å²) in [5.41, 5.74) is 0.620. The number of hydrogen-bond donors (Lipinski definition) is 1. The molecule has 0 aromatic heterocycles. The van der Waals surface area contributed by atoms with E-state index < -0.39 is 0 Å². The van der Waals surface area contributed by atoms with Crippen LogP contribution in [0.1, 0.15) is 27.7 Å². The summed E-state index contributed by atoms with van der Waals surface area (Å²) in [6.45, 7) is 9.01. The van der Waals surface area contributed by atoms with Gasteiger partial charge in [0, 0.05) is 30.8 Å². The Morgan fingerprint density at radius 2 is 1.88 bits per heavy atom. The molecule has 0 aromatic rings. The summed E-state index contributed by atoms with van der Waals surface area (Å²) in [6, 6.07) is 0.366. The van der Waals surface area contributed by atoms with Gasteiger partial charge in [-0.05, 0) is 5.92 Å². The molecule has 1 aliphatic rings. The van der Waals surface area contributed by atoms with Gasteiger partial charge >= 0.3 is 0 Å². The van der Waals surface area contributed by atoms with Crippen LogP contribution < -0.4 is 5.32 Å². The zero-order chi connectivity index (χ0) is 12.3. The average molecular weight is 224 g/mol. The quantitative estimate of drug-likeness (QED) is 0.707. The number of nitrogens with zero attached hydrogens (tertiary/aromatic N) is 1. The summed E-state index contributed by atoms with van der Waals surface area (Å²) < 4.78 is 0. The van der Waals surface area contributed by atoms with Crippen molar-refractivity contribution < 1.29 is 9.59 Å². The molecule has 0 saturated carbocycles. The highest BCUT2D eigenvalue weighted by Gasteiger charge is 2.31. The summed E-state index contributed by atoms with van der Waals surface area (Å²) in [5, 5.41) is 3.19. The molecule has 0 aliphatic carbocycles. The Kier molecular flexibility index (Phi) is 4.24. The number of carbonyl (C=O) groups excluding carboxylic acids is 2. The number of nitrogens with one attached hydrogen (secondary N) is 1. The van der Waals surface area contributed by atoms with Gasteiger partial charge in [0.05, 0.1) is 0 Å². The van der Waals surface area contributed by atoms with Crippen molar-refractivity contribution in [1.82, 2.24) is 10.2 Å².